The summed E-state index contributed by atoms with van der Waals surface area (Å²) in [6.07, 6.45) is 0. The Bertz CT molecular complexity index is 469. The van der Waals surface area contributed by atoms with E-state index in [1.54, 1.807) is 13.0 Å². The third-order valence-corrected chi connectivity index (χ3v) is 2.82. The number of rotatable bonds is 4. The Hall–Kier alpha value is -2.04. The van der Waals surface area contributed by atoms with Crippen LogP contribution in [0.15, 0.2) is 23.4 Å². The molecule has 1 amide bonds. The molecule has 1 aromatic carbocycles. The summed E-state index contributed by atoms with van der Waals surface area (Å²) in [5.74, 6) is -0.245. The number of amidine groups is 1. The maximum atomic E-state index is 11.9. The highest BCUT2D eigenvalue weighted by Crippen LogP contribution is 2.10. The van der Waals surface area contributed by atoms with Gasteiger partial charge in [-0.1, -0.05) is 29.8 Å². The minimum absolute atomic E-state index is 0.107. The van der Waals surface area contributed by atoms with Gasteiger partial charge in [-0.25, -0.2) is 0 Å². The van der Waals surface area contributed by atoms with Gasteiger partial charge in [-0.05, 0) is 25.5 Å². The highest BCUT2D eigenvalue weighted by atomic mass is 16.4. The summed E-state index contributed by atoms with van der Waals surface area (Å²) in [4.78, 5) is 11.9. The zero-order valence-corrected chi connectivity index (χ0v) is 10.9. The molecule has 0 saturated heterocycles. The van der Waals surface area contributed by atoms with Crippen molar-refractivity contribution in [2.75, 3.05) is 6.54 Å². The first-order valence-corrected chi connectivity index (χ1v) is 5.78. The Morgan fingerprint density at radius 3 is 2.72 bits per heavy atom. The molecule has 1 atom stereocenters. The molecule has 0 aromatic heterocycles. The van der Waals surface area contributed by atoms with Gasteiger partial charge in [0, 0.05) is 18.0 Å². The van der Waals surface area contributed by atoms with Crippen molar-refractivity contribution in [2.24, 2.45) is 16.8 Å². The molecule has 0 aliphatic rings. The summed E-state index contributed by atoms with van der Waals surface area (Å²) in [7, 11) is 0. The standard InChI is InChI=1S/C13H19N3O2/c1-8-4-5-11(9(2)6-8)13(17)15-7-10(3)12(14)16-18/h4-6,10,18H,7H2,1-3H3,(H2,14,16)(H,15,17). The van der Waals surface area contributed by atoms with Gasteiger partial charge in [0.25, 0.3) is 5.91 Å². The summed E-state index contributed by atoms with van der Waals surface area (Å²) < 4.78 is 0. The van der Waals surface area contributed by atoms with Crippen molar-refractivity contribution in [1.82, 2.24) is 5.32 Å². The van der Waals surface area contributed by atoms with Gasteiger partial charge in [-0.3, -0.25) is 4.79 Å². The minimum Gasteiger partial charge on any atom is -0.409 e. The second kappa shape index (κ2) is 6.05. The molecule has 5 heteroatoms. The predicted molar refractivity (Wildman–Crippen MR) is 70.8 cm³/mol. The first-order valence-electron chi connectivity index (χ1n) is 5.78. The number of hydrogen-bond acceptors (Lipinski definition) is 3. The van der Waals surface area contributed by atoms with Crippen LogP contribution in [0.3, 0.4) is 0 Å². The fourth-order valence-electron chi connectivity index (χ4n) is 1.61. The highest BCUT2D eigenvalue weighted by molar-refractivity contribution is 5.96. The highest BCUT2D eigenvalue weighted by Gasteiger charge is 2.12. The van der Waals surface area contributed by atoms with Crippen molar-refractivity contribution in [3.8, 4) is 0 Å². The van der Waals surface area contributed by atoms with Crippen LogP contribution < -0.4 is 11.1 Å². The van der Waals surface area contributed by atoms with E-state index in [4.69, 9.17) is 10.9 Å². The van der Waals surface area contributed by atoms with E-state index in [-0.39, 0.29) is 17.7 Å². The van der Waals surface area contributed by atoms with Gasteiger partial charge in [0.15, 0.2) is 0 Å². The summed E-state index contributed by atoms with van der Waals surface area (Å²) in [5, 5.41) is 14.2. The SMILES string of the molecule is Cc1ccc(C(=O)NCC(C)C(N)=NO)c(C)c1. The Morgan fingerprint density at radius 2 is 2.17 bits per heavy atom. The molecule has 0 radical (unpaired) electrons. The number of carbonyl (C=O) groups is 1. The quantitative estimate of drug-likeness (QED) is 0.326. The second-order valence-corrected chi connectivity index (χ2v) is 4.45. The van der Waals surface area contributed by atoms with Crippen LogP contribution in [0.5, 0.6) is 0 Å². The molecule has 1 aromatic rings. The molecule has 0 bridgehead atoms. The minimum atomic E-state index is -0.204. The molecular formula is C13H19N3O2. The van der Waals surface area contributed by atoms with Crippen LogP contribution in [-0.4, -0.2) is 23.5 Å². The zero-order valence-electron chi connectivity index (χ0n) is 10.9. The van der Waals surface area contributed by atoms with E-state index in [1.807, 2.05) is 26.0 Å². The molecule has 0 aliphatic heterocycles. The smallest absolute Gasteiger partial charge is 0.251 e. The lowest BCUT2D eigenvalue weighted by molar-refractivity contribution is 0.0950. The van der Waals surface area contributed by atoms with Gasteiger partial charge in [-0.15, -0.1) is 0 Å². The van der Waals surface area contributed by atoms with Crippen molar-refractivity contribution in [1.29, 1.82) is 0 Å². The molecule has 18 heavy (non-hydrogen) atoms. The number of nitrogens with zero attached hydrogens (tertiary/aromatic N) is 1. The van der Waals surface area contributed by atoms with Crippen molar-refractivity contribution < 1.29 is 10.0 Å². The van der Waals surface area contributed by atoms with E-state index in [0.717, 1.165) is 11.1 Å². The van der Waals surface area contributed by atoms with Gasteiger partial charge >= 0.3 is 0 Å². The first-order chi connectivity index (χ1) is 8.45. The van der Waals surface area contributed by atoms with E-state index in [1.165, 1.54) is 0 Å². The van der Waals surface area contributed by atoms with Gasteiger partial charge in [0.2, 0.25) is 0 Å². The molecule has 1 rings (SSSR count). The van der Waals surface area contributed by atoms with Gasteiger partial charge < -0.3 is 16.3 Å². The average Bonchev–Trinajstić information content (AvgIpc) is 2.34. The van der Waals surface area contributed by atoms with Crippen LogP contribution in [0.25, 0.3) is 0 Å². The second-order valence-electron chi connectivity index (χ2n) is 4.45. The number of oxime groups is 1. The number of benzene rings is 1. The maximum absolute atomic E-state index is 11.9. The van der Waals surface area contributed by atoms with Crippen molar-refractivity contribution in [3.63, 3.8) is 0 Å². The third-order valence-electron chi connectivity index (χ3n) is 2.82. The van der Waals surface area contributed by atoms with Gasteiger partial charge in [0.05, 0.1) is 0 Å². The summed E-state index contributed by atoms with van der Waals surface area (Å²) in [6.45, 7) is 5.99. The van der Waals surface area contributed by atoms with Crippen molar-refractivity contribution >= 4 is 11.7 Å². The fourth-order valence-corrected chi connectivity index (χ4v) is 1.61. The fraction of sp³-hybridized carbons (Fsp3) is 0.385. The van der Waals surface area contributed by atoms with Crippen LogP contribution in [0.1, 0.15) is 28.4 Å². The molecule has 0 spiro atoms. The lowest BCUT2D eigenvalue weighted by Crippen LogP contribution is -2.34. The van der Waals surface area contributed by atoms with E-state index in [0.29, 0.717) is 12.1 Å². The Balaban J connectivity index is 2.66. The van der Waals surface area contributed by atoms with Crippen LogP contribution in [0.4, 0.5) is 0 Å². The Morgan fingerprint density at radius 1 is 1.50 bits per heavy atom. The topological polar surface area (TPSA) is 87.7 Å². The van der Waals surface area contributed by atoms with Crippen LogP contribution in [0, 0.1) is 19.8 Å². The predicted octanol–water partition coefficient (Wildman–Crippen LogP) is 1.42. The summed E-state index contributed by atoms with van der Waals surface area (Å²) in [6, 6.07) is 5.66. The van der Waals surface area contributed by atoms with E-state index in [2.05, 4.69) is 10.5 Å². The molecule has 4 N–H and O–H groups in total. The van der Waals surface area contributed by atoms with Gasteiger partial charge in [0.1, 0.15) is 5.84 Å². The van der Waals surface area contributed by atoms with Crippen molar-refractivity contribution in [2.45, 2.75) is 20.8 Å². The molecule has 0 heterocycles. The van der Waals surface area contributed by atoms with Crippen LogP contribution >= 0.6 is 0 Å². The largest absolute Gasteiger partial charge is 0.409 e. The average molecular weight is 249 g/mol. The molecule has 0 fully saturated rings. The maximum Gasteiger partial charge on any atom is 0.251 e. The lowest BCUT2D eigenvalue weighted by Gasteiger charge is -2.12. The molecular weight excluding hydrogens is 230 g/mol. The van der Waals surface area contributed by atoms with Crippen molar-refractivity contribution in [3.05, 3.63) is 34.9 Å². The molecule has 1 unspecified atom stereocenters. The molecule has 98 valence electrons. The summed E-state index contributed by atoms with van der Waals surface area (Å²) in [5.41, 5.74) is 8.14. The van der Waals surface area contributed by atoms with Crippen LogP contribution in [0.2, 0.25) is 0 Å². The number of nitrogens with two attached hydrogens (primary N) is 1. The number of nitrogens with one attached hydrogen (secondary N) is 1. The normalized spacial score (nSPS) is 13.2. The van der Waals surface area contributed by atoms with E-state index < -0.39 is 0 Å². The van der Waals surface area contributed by atoms with Crippen LogP contribution in [-0.2, 0) is 0 Å². The van der Waals surface area contributed by atoms with E-state index >= 15 is 0 Å². The number of hydrogen-bond donors (Lipinski definition) is 3. The zero-order chi connectivity index (χ0) is 13.7. The molecule has 5 nitrogen and oxygen atoms in total. The number of carbonyl (C=O) groups excluding carboxylic acids is 1. The van der Waals surface area contributed by atoms with Gasteiger partial charge in [-0.2, -0.15) is 0 Å². The molecule has 0 saturated carbocycles. The monoisotopic (exact) mass is 249 g/mol. The summed E-state index contributed by atoms with van der Waals surface area (Å²) >= 11 is 0. The lowest BCUT2D eigenvalue weighted by atomic mass is 10.0. The third kappa shape index (κ3) is 3.48. The number of aryl methyl sites for hydroxylation is 2. The first kappa shape index (κ1) is 14.0. The Labute approximate surface area is 107 Å². The Kier molecular flexibility index (Phi) is 4.71. The number of amides is 1. The molecule has 0 aliphatic carbocycles. The van der Waals surface area contributed by atoms with E-state index in [9.17, 15) is 4.79 Å².